The van der Waals surface area contributed by atoms with Gasteiger partial charge in [0.25, 0.3) is 5.91 Å². The Morgan fingerprint density at radius 1 is 1.00 bits per heavy atom. The van der Waals surface area contributed by atoms with E-state index in [0.717, 1.165) is 18.7 Å². The van der Waals surface area contributed by atoms with Crippen LogP contribution in [0.5, 0.6) is 5.75 Å². The molecule has 0 saturated carbocycles. The van der Waals surface area contributed by atoms with Gasteiger partial charge >= 0.3 is 0 Å². The molecule has 1 aliphatic heterocycles. The van der Waals surface area contributed by atoms with E-state index in [4.69, 9.17) is 4.74 Å². The number of rotatable bonds is 5. The number of benzene rings is 2. The van der Waals surface area contributed by atoms with Gasteiger partial charge in [0.15, 0.2) is 5.75 Å². The van der Waals surface area contributed by atoms with Crippen molar-refractivity contribution in [2.75, 3.05) is 31.1 Å². The number of H-pyrrole nitrogens is 1. The molecule has 1 fully saturated rings. The number of aromatic amines is 1. The van der Waals surface area contributed by atoms with Crippen molar-refractivity contribution in [1.82, 2.24) is 9.88 Å². The number of anilines is 1. The van der Waals surface area contributed by atoms with Crippen molar-refractivity contribution in [3.8, 4) is 5.75 Å². The van der Waals surface area contributed by atoms with Gasteiger partial charge in [-0.25, -0.2) is 0 Å². The third kappa shape index (κ3) is 4.79. The number of amides is 1. The number of hydrogen-bond donors (Lipinski definition) is 1. The standard InChI is InChI=1S/C25H27N3O3/c1-18-8-9-22(19(2)14-18)27-10-12-28(13-11-27)25(30)21-15-23(29)24(16-26-21)31-17-20-6-4-3-5-7-20/h3-9,14-16H,10-13,17H2,1-2H3,(H,26,29). The summed E-state index contributed by atoms with van der Waals surface area (Å²) in [6.45, 7) is 7.26. The number of carbonyl (C=O) groups excluding carboxylic acids is 1. The van der Waals surface area contributed by atoms with Gasteiger partial charge in [0.05, 0.1) is 0 Å². The second kappa shape index (κ2) is 9.08. The van der Waals surface area contributed by atoms with Crippen LogP contribution in [-0.4, -0.2) is 42.0 Å². The number of aromatic nitrogens is 1. The van der Waals surface area contributed by atoms with E-state index in [0.29, 0.717) is 19.7 Å². The predicted molar refractivity (Wildman–Crippen MR) is 122 cm³/mol. The van der Waals surface area contributed by atoms with Crippen molar-refractivity contribution in [3.63, 3.8) is 0 Å². The molecule has 160 valence electrons. The molecule has 6 nitrogen and oxygen atoms in total. The zero-order valence-electron chi connectivity index (χ0n) is 17.9. The molecule has 0 unspecified atom stereocenters. The van der Waals surface area contributed by atoms with E-state index in [1.165, 1.54) is 29.1 Å². The quantitative estimate of drug-likeness (QED) is 0.690. The number of carbonyl (C=O) groups is 1. The second-order valence-corrected chi connectivity index (χ2v) is 7.92. The van der Waals surface area contributed by atoms with Crippen LogP contribution < -0.4 is 15.1 Å². The molecular formula is C25H27N3O3. The van der Waals surface area contributed by atoms with Crippen LogP contribution >= 0.6 is 0 Å². The molecule has 1 N–H and O–H groups in total. The normalized spacial score (nSPS) is 13.9. The van der Waals surface area contributed by atoms with Crippen molar-refractivity contribution in [3.05, 3.63) is 93.4 Å². The zero-order chi connectivity index (χ0) is 21.8. The topological polar surface area (TPSA) is 65.6 Å². The Bertz CT molecular complexity index is 1120. The maximum atomic E-state index is 12.9. The Morgan fingerprint density at radius 2 is 1.74 bits per heavy atom. The number of piperazine rings is 1. The van der Waals surface area contributed by atoms with Crippen molar-refractivity contribution in [1.29, 1.82) is 0 Å². The van der Waals surface area contributed by atoms with E-state index in [2.05, 4.69) is 41.9 Å². The molecule has 0 aliphatic carbocycles. The summed E-state index contributed by atoms with van der Waals surface area (Å²) in [6, 6.07) is 17.4. The van der Waals surface area contributed by atoms with Gasteiger partial charge in [-0.1, -0.05) is 48.0 Å². The molecule has 1 aliphatic rings. The summed E-state index contributed by atoms with van der Waals surface area (Å²) in [5, 5.41) is 0. The lowest BCUT2D eigenvalue weighted by atomic mass is 10.1. The lowest BCUT2D eigenvalue weighted by Crippen LogP contribution is -2.49. The number of nitrogens with one attached hydrogen (secondary N) is 1. The highest BCUT2D eigenvalue weighted by Crippen LogP contribution is 2.22. The Morgan fingerprint density at radius 3 is 2.42 bits per heavy atom. The number of hydrogen-bond acceptors (Lipinski definition) is 4. The van der Waals surface area contributed by atoms with Gasteiger partial charge in [0.2, 0.25) is 5.43 Å². The summed E-state index contributed by atoms with van der Waals surface area (Å²) in [5.74, 6) is 0.0482. The minimum atomic E-state index is -0.299. The van der Waals surface area contributed by atoms with E-state index in [9.17, 15) is 9.59 Å². The van der Waals surface area contributed by atoms with E-state index in [-0.39, 0.29) is 22.8 Å². The lowest BCUT2D eigenvalue weighted by Gasteiger charge is -2.36. The summed E-state index contributed by atoms with van der Waals surface area (Å²) >= 11 is 0. The fourth-order valence-corrected chi connectivity index (χ4v) is 3.91. The van der Waals surface area contributed by atoms with Crippen LogP contribution in [0.25, 0.3) is 0 Å². The summed E-state index contributed by atoms with van der Waals surface area (Å²) in [7, 11) is 0. The van der Waals surface area contributed by atoms with Crippen molar-refractivity contribution < 1.29 is 9.53 Å². The fraction of sp³-hybridized carbons (Fsp3) is 0.280. The Hall–Kier alpha value is -3.54. The molecule has 0 atom stereocenters. The average molecular weight is 418 g/mol. The first-order valence-corrected chi connectivity index (χ1v) is 10.5. The summed E-state index contributed by atoms with van der Waals surface area (Å²) in [6.07, 6.45) is 1.48. The molecular weight excluding hydrogens is 390 g/mol. The number of pyridine rings is 1. The molecule has 3 aromatic rings. The van der Waals surface area contributed by atoms with Crippen molar-refractivity contribution in [2.45, 2.75) is 20.5 Å². The summed E-state index contributed by atoms with van der Waals surface area (Å²) in [5.41, 5.74) is 4.67. The molecule has 0 spiro atoms. The van der Waals surface area contributed by atoms with E-state index in [1.54, 1.807) is 4.90 Å². The number of aryl methyl sites for hydroxylation is 2. The average Bonchev–Trinajstić information content (AvgIpc) is 2.79. The largest absolute Gasteiger partial charge is 0.483 e. The molecule has 4 rings (SSSR count). The summed E-state index contributed by atoms with van der Waals surface area (Å²) in [4.78, 5) is 32.4. The van der Waals surface area contributed by atoms with Gasteiger partial charge in [-0.2, -0.15) is 0 Å². The highest BCUT2D eigenvalue weighted by atomic mass is 16.5. The summed E-state index contributed by atoms with van der Waals surface area (Å²) < 4.78 is 5.61. The van der Waals surface area contributed by atoms with Crippen LogP contribution in [0, 0.1) is 13.8 Å². The molecule has 6 heteroatoms. The van der Waals surface area contributed by atoms with Crippen LogP contribution in [0.15, 0.2) is 65.6 Å². The molecule has 1 amide bonds. The van der Waals surface area contributed by atoms with E-state index < -0.39 is 0 Å². The SMILES string of the molecule is Cc1ccc(N2CCN(C(=O)c3cc(=O)c(OCc4ccccc4)c[nH]3)CC2)c(C)c1. The van der Waals surface area contributed by atoms with Crippen molar-refractivity contribution >= 4 is 11.6 Å². The van der Waals surface area contributed by atoms with Crippen LogP contribution in [0.2, 0.25) is 0 Å². The smallest absolute Gasteiger partial charge is 0.270 e. The Balaban J connectivity index is 1.37. The minimum absolute atomic E-state index is 0.160. The van der Waals surface area contributed by atoms with Gasteiger partial charge in [0, 0.05) is 44.1 Å². The third-order valence-electron chi connectivity index (χ3n) is 5.60. The van der Waals surface area contributed by atoms with Gasteiger partial charge in [-0.3, -0.25) is 9.59 Å². The van der Waals surface area contributed by atoms with Crippen molar-refractivity contribution in [2.24, 2.45) is 0 Å². The van der Waals surface area contributed by atoms with E-state index in [1.807, 2.05) is 30.3 Å². The van der Waals surface area contributed by atoms with Crippen LogP contribution in [0.4, 0.5) is 5.69 Å². The lowest BCUT2D eigenvalue weighted by molar-refractivity contribution is 0.0740. The van der Waals surface area contributed by atoms with Gasteiger partial charge in [0.1, 0.15) is 12.3 Å². The maximum absolute atomic E-state index is 12.9. The predicted octanol–water partition coefficient (Wildman–Crippen LogP) is 3.53. The maximum Gasteiger partial charge on any atom is 0.270 e. The van der Waals surface area contributed by atoms with E-state index >= 15 is 0 Å². The zero-order valence-corrected chi connectivity index (χ0v) is 17.9. The van der Waals surface area contributed by atoms with Gasteiger partial charge < -0.3 is 19.5 Å². The second-order valence-electron chi connectivity index (χ2n) is 7.92. The highest BCUT2D eigenvalue weighted by molar-refractivity contribution is 5.92. The monoisotopic (exact) mass is 417 g/mol. The minimum Gasteiger partial charge on any atom is -0.483 e. The van der Waals surface area contributed by atoms with Crippen LogP contribution in [-0.2, 0) is 6.61 Å². The fourth-order valence-electron chi connectivity index (χ4n) is 3.91. The molecule has 0 bridgehead atoms. The Labute approximate surface area is 182 Å². The van der Waals surface area contributed by atoms with Crippen LogP contribution in [0.3, 0.4) is 0 Å². The molecule has 1 aromatic heterocycles. The van der Waals surface area contributed by atoms with Gasteiger partial charge in [-0.15, -0.1) is 0 Å². The third-order valence-corrected chi connectivity index (χ3v) is 5.60. The highest BCUT2D eigenvalue weighted by Gasteiger charge is 2.24. The first-order chi connectivity index (χ1) is 15.0. The number of nitrogens with zero attached hydrogens (tertiary/aromatic N) is 2. The molecule has 31 heavy (non-hydrogen) atoms. The van der Waals surface area contributed by atoms with Gasteiger partial charge in [-0.05, 0) is 31.0 Å². The first-order valence-electron chi connectivity index (χ1n) is 10.5. The molecule has 1 saturated heterocycles. The van der Waals surface area contributed by atoms with Crippen LogP contribution in [0.1, 0.15) is 27.2 Å². The Kier molecular flexibility index (Phi) is 6.07. The molecule has 0 radical (unpaired) electrons. The number of ether oxygens (including phenoxy) is 1. The molecule has 2 heterocycles. The first kappa shape index (κ1) is 20.7. The molecule has 2 aromatic carbocycles.